The van der Waals surface area contributed by atoms with Crippen molar-refractivity contribution in [1.29, 1.82) is 0 Å². The highest BCUT2D eigenvalue weighted by Gasteiger charge is 2.19. The lowest BCUT2D eigenvalue weighted by molar-refractivity contribution is 0.0793. The van der Waals surface area contributed by atoms with Crippen LogP contribution in [0, 0.1) is 0 Å². The number of carbonyl (C=O) groups is 1. The van der Waals surface area contributed by atoms with Gasteiger partial charge in [-0.2, -0.15) is 0 Å². The predicted octanol–water partition coefficient (Wildman–Crippen LogP) is 2.70. The maximum Gasteiger partial charge on any atom is 0.253 e. The molecule has 1 aromatic rings. The lowest BCUT2D eigenvalue weighted by atomic mass is 10.2. The second kappa shape index (κ2) is 6.05. The summed E-state index contributed by atoms with van der Waals surface area (Å²) in [6.07, 6.45) is 2.25. The molecule has 1 saturated heterocycles. The minimum absolute atomic E-state index is 0.134. The zero-order valence-electron chi connectivity index (χ0n) is 9.69. The first kappa shape index (κ1) is 12.4. The number of likely N-dealkylation sites (tertiary alicyclic amines) is 1. The predicted molar refractivity (Wildman–Crippen MR) is 70.9 cm³/mol. The first-order chi connectivity index (χ1) is 8.31. The van der Waals surface area contributed by atoms with Crippen molar-refractivity contribution in [2.75, 3.05) is 25.0 Å². The van der Waals surface area contributed by atoms with Crippen molar-refractivity contribution in [1.82, 2.24) is 4.90 Å². The average molecular weight is 298 g/mol. The van der Waals surface area contributed by atoms with Crippen molar-refractivity contribution in [3.8, 4) is 5.75 Å². The molecule has 0 saturated carbocycles. The number of amides is 1. The van der Waals surface area contributed by atoms with E-state index < -0.39 is 0 Å². The van der Waals surface area contributed by atoms with Crippen molar-refractivity contribution in [2.24, 2.45) is 0 Å². The highest BCUT2D eigenvalue weighted by Crippen LogP contribution is 2.16. The van der Waals surface area contributed by atoms with E-state index in [1.54, 1.807) is 0 Å². The third-order valence-electron chi connectivity index (χ3n) is 2.84. The molecule has 0 bridgehead atoms. The Labute approximate surface area is 110 Å². The molecule has 3 nitrogen and oxygen atoms in total. The van der Waals surface area contributed by atoms with Gasteiger partial charge in [0.2, 0.25) is 0 Å². The van der Waals surface area contributed by atoms with Crippen molar-refractivity contribution in [3.63, 3.8) is 0 Å². The first-order valence-electron chi connectivity index (χ1n) is 5.89. The van der Waals surface area contributed by atoms with Crippen LogP contribution in [0.25, 0.3) is 0 Å². The second-order valence-electron chi connectivity index (χ2n) is 4.06. The van der Waals surface area contributed by atoms with E-state index in [0.717, 1.165) is 42.6 Å². The van der Waals surface area contributed by atoms with Crippen LogP contribution in [0.4, 0.5) is 0 Å². The lowest BCUT2D eigenvalue weighted by Crippen LogP contribution is -2.27. The monoisotopic (exact) mass is 297 g/mol. The van der Waals surface area contributed by atoms with Gasteiger partial charge in [0, 0.05) is 24.0 Å². The topological polar surface area (TPSA) is 29.5 Å². The standard InChI is InChI=1S/C13H16BrNO2/c14-7-10-17-12-5-3-11(4-6-12)13(16)15-8-1-2-9-15/h3-6H,1-2,7-10H2. The summed E-state index contributed by atoms with van der Waals surface area (Å²) in [4.78, 5) is 14.0. The molecule has 0 radical (unpaired) electrons. The molecule has 0 aromatic heterocycles. The van der Waals surface area contributed by atoms with Gasteiger partial charge in [-0.25, -0.2) is 0 Å². The fourth-order valence-electron chi connectivity index (χ4n) is 1.95. The fraction of sp³-hybridized carbons (Fsp3) is 0.462. The van der Waals surface area contributed by atoms with E-state index in [1.165, 1.54) is 0 Å². The molecular formula is C13H16BrNO2. The van der Waals surface area contributed by atoms with Crippen LogP contribution >= 0.6 is 15.9 Å². The largest absolute Gasteiger partial charge is 0.493 e. The number of carbonyl (C=O) groups excluding carboxylic acids is 1. The Balaban J connectivity index is 1.99. The maximum atomic E-state index is 12.0. The Kier molecular flexibility index (Phi) is 4.42. The number of halogens is 1. The lowest BCUT2D eigenvalue weighted by Gasteiger charge is -2.15. The number of benzene rings is 1. The maximum absolute atomic E-state index is 12.0. The van der Waals surface area contributed by atoms with Crippen molar-refractivity contribution < 1.29 is 9.53 Å². The Hall–Kier alpha value is -1.03. The average Bonchev–Trinajstić information content (AvgIpc) is 2.90. The summed E-state index contributed by atoms with van der Waals surface area (Å²) in [7, 11) is 0. The van der Waals surface area contributed by atoms with Gasteiger partial charge in [-0.3, -0.25) is 4.79 Å². The van der Waals surface area contributed by atoms with Crippen LogP contribution in [0.2, 0.25) is 0 Å². The molecule has 0 unspecified atom stereocenters. The van der Waals surface area contributed by atoms with Crippen LogP contribution in [0.15, 0.2) is 24.3 Å². The highest BCUT2D eigenvalue weighted by molar-refractivity contribution is 9.09. The van der Waals surface area contributed by atoms with E-state index in [9.17, 15) is 4.79 Å². The number of alkyl halides is 1. The van der Waals surface area contributed by atoms with E-state index in [2.05, 4.69) is 15.9 Å². The molecule has 1 heterocycles. The summed E-state index contributed by atoms with van der Waals surface area (Å²) < 4.78 is 5.44. The van der Waals surface area contributed by atoms with E-state index in [-0.39, 0.29) is 5.91 Å². The van der Waals surface area contributed by atoms with Crippen LogP contribution in [0.5, 0.6) is 5.75 Å². The van der Waals surface area contributed by atoms with Gasteiger partial charge in [0.15, 0.2) is 0 Å². The zero-order chi connectivity index (χ0) is 12.1. The molecule has 92 valence electrons. The normalized spacial score (nSPS) is 15.0. The SMILES string of the molecule is O=C(c1ccc(OCCBr)cc1)N1CCCC1. The summed E-state index contributed by atoms with van der Waals surface area (Å²) in [5.41, 5.74) is 0.748. The molecule has 0 N–H and O–H groups in total. The molecule has 4 heteroatoms. The number of ether oxygens (including phenoxy) is 1. The quantitative estimate of drug-likeness (QED) is 0.800. The number of hydrogen-bond acceptors (Lipinski definition) is 2. The van der Waals surface area contributed by atoms with E-state index in [4.69, 9.17) is 4.74 Å². The minimum Gasteiger partial charge on any atom is -0.493 e. The number of nitrogens with zero attached hydrogens (tertiary/aromatic N) is 1. The molecular weight excluding hydrogens is 282 g/mol. The van der Waals surface area contributed by atoms with Crippen LogP contribution < -0.4 is 4.74 Å². The number of hydrogen-bond donors (Lipinski definition) is 0. The summed E-state index contributed by atoms with van der Waals surface area (Å²) >= 11 is 3.30. The number of rotatable bonds is 4. The highest BCUT2D eigenvalue weighted by atomic mass is 79.9. The Morgan fingerprint density at radius 1 is 1.24 bits per heavy atom. The van der Waals surface area contributed by atoms with Gasteiger partial charge in [-0.05, 0) is 37.1 Å². The Morgan fingerprint density at radius 2 is 1.88 bits per heavy atom. The van der Waals surface area contributed by atoms with Crippen molar-refractivity contribution in [3.05, 3.63) is 29.8 Å². The van der Waals surface area contributed by atoms with Crippen LogP contribution in [0.1, 0.15) is 23.2 Å². The molecule has 0 aliphatic carbocycles. The minimum atomic E-state index is 0.134. The molecule has 17 heavy (non-hydrogen) atoms. The molecule has 1 aliphatic rings. The van der Waals surface area contributed by atoms with Crippen LogP contribution in [0.3, 0.4) is 0 Å². The first-order valence-corrected chi connectivity index (χ1v) is 7.01. The van der Waals surface area contributed by atoms with Gasteiger partial charge in [0.25, 0.3) is 5.91 Å². The summed E-state index contributed by atoms with van der Waals surface area (Å²) in [5.74, 6) is 0.942. The Bertz CT molecular complexity index is 372. The summed E-state index contributed by atoms with van der Waals surface area (Å²) in [5, 5.41) is 0.807. The smallest absolute Gasteiger partial charge is 0.253 e. The van der Waals surface area contributed by atoms with Gasteiger partial charge in [0.05, 0.1) is 6.61 Å². The van der Waals surface area contributed by atoms with Gasteiger partial charge in [-0.15, -0.1) is 0 Å². The zero-order valence-corrected chi connectivity index (χ0v) is 11.3. The van der Waals surface area contributed by atoms with E-state index in [0.29, 0.717) is 6.61 Å². The van der Waals surface area contributed by atoms with Gasteiger partial charge >= 0.3 is 0 Å². The second-order valence-corrected chi connectivity index (χ2v) is 4.85. The summed E-state index contributed by atoms with van der Waals surface area (Å²) in [6, 6.07) is 7.38. The third-order valence-corrected chi connectivity index (χ3v) is 3.16. The van der Waals surface area contributed by atoms with Crippen LogP contribution in [-0.4, -0.2) is 35.8 Å². The van der Waals surface area contributed by atoms with Gasteiger partial charge < -0.3 is 9.64 Å². The fourth-order valence-corrected chi connectivity index (χ4v) is 2.11. The molecule has 1 aliphatic heterocycles. The van der Waals surface area contributed by atoms with Gasteiger partial charge in [-0.1, -0.05) is 15.9 Å². The molecule has 0 spiro atoms. The van der Waals surface area contributed by atoms with E-state index >= 15 is 0 Å². The summed E-state index contributed by atoms with van der Waals surface area (Å²) in [6.45, 7) is 2.42. The van der Waals surface area contributed by atoms with Crippen molar-refractivity contribution >= 4 is 21.8 Å². The van der Waals surface area contributed by atoms with Crippen LogP contribution in [-0.2, 0) is 0 Å². The molecule has 1 fully saturated rings. The molecule has 0 atom stereocenters. The Morgan fingerprint density at radius 3 is 2.47 bits per heavy atom. The van der Waals surface area contributed by atoms with E-state index in [1.807, 2.05) is 29.2 Å². The molecule has 1 amide bonds. The van der Waals surface area contributed by atoms with Gasteiger partial charge in [0.1, 0.15) is 5.75 Å². The molecule has 2 rings (SSSR count). The third kappa shape index (κ3) is 3.22. The molecule has 1 aromatic carbocycles. The van der Waals surface area contributed by atoms with Crippen molar-refractivity contribution in [2.45, 2.75) is 12.8 Å².